The molecule has 1 fully saturated rings. The minimum absolute atomic E-state index is 0.107. The molecule has 1 saturated carbocycles. The molecule has 1 aliphatic rings. The lowest BCUT2D eigenvalue weighted by Gasteiger charge is -2.35. The Labute approximate surface area is 163 Å². The van der Waals surface area contributed by atoms with E-state index in [1.54, 1.807) is 12.1 Å². The van der Waals surface area contributed by atoms with Gasteiger partial charge >= 0.3 is 0 Å². The summed E-state index contributed by atoms with van der Waals surface area (Å²) in [7, 11) is 0. The topological polar surface area (TPSA) is 67.5 Å². The number of nitro benzene ring substituents is 1. The van der Waals surface area contributed by atoms with E-state index in [-0.39, 0.29) is 10.6 Å². The van der Waals surface area contributed by atoms with E-state index in [0.29, 0.717) is 17.9 Å². The molecule has 4 atom stereocenters. The first-order valence-corrected chi connectivity index (χ1v) is 10.3. The van der Waals surface area contributed by atoms with Crippen LogP contribution in [0.15, 0.2) is 29.3 Å². The monoisotopic (exact) mass is 373 g/mol. The Bertz CT molecular complexity index is 639. The lowest BCUT2D eigenvalue weighted by atomic mass is 9.75. The second kappa shape index (κ2) is 9.98. The first-order valence-electron chi connectivity index (χ1n) is 10.3. The molecule has 1 aromatic rings. The van der Waals surface area contributed by atoms with Crippen molar-refractivity contribution in [3.8, 4) is 0 Å². The molecule has 2 rings (SSSR count). The third-order valence-corrected chi connectivity index (χ3v) is 5.62. The average Bonchev–Trinajstić information content (AvgIpc) is 2.60. The number of nitro groups is 1. The molecule has 0 bridgehead atoms. The van der Waals surface area contributed by atoms with Crippen molar-refractivity contribution < 1.29 is 4.92 Å². The van der Waals surface area contributed by atoms with Crippen molar-refractivity contribution in [2.75, 3.05) is 6.54 Å². The van der Waals surface area contributed by atoms with Gasteiger partial charge in [-0.15, -0.1) is 0 Å². The summed E-state index contributed by atoms with van der Waals surface area (Å²) in [6, 6.07) is 7.13. The molecule has 4 unspecified atom stereocenters. The van der Waals surface area contributed by atoms with E-state index in [1.165, 1.54) is 31.4 Å². The van der Waals surface area contributed by atoms with Crippen LogP contribution in [-0.4, -0.2) is 23.2 Å². The van der Waals surface area contributed by atoms with Gasteiger partial charge in [0.1, 0.15) is 0 Å². The highest BCUT2D eigenvalue weighted by Gasteiger charge is 2.27. The predicted octanol–water partition coefficient (Wildman–Crippen LogP) is 5.76. The maximum atomic E-state index is 10.8. The zero-order valence-electron chi connectivity index (χ0n) is 17.4. The minimum atomic E-state index is -0.378. The van der Waals surface area contributed by atoms with Crippen LogP contribution in [0.2, 0.25) is 0 Å². The van der Waals surface area contributed by atoms with Crippen molar-refractivity contribution in [1.82, 2.24) is 5.32 Å². The molecule has 0 spiro atoms. The van der Waals surface area contributed by atoms with Crippen molar-refractivity contribution in [2.45, 2.75) is 66.3 Å². The smallest absolute Gasteiger partial charge is 0.269 e. The van der Waals surface area contributed by atoms with Gasteiger partial charge in [-0.2, -0.15) is 0 Å². The number of hydrogen-bond acceptors (Lipinski definition) is 4. The molecular weight excluding hydrogens is 338 g/mol. The number of aliphatic imine (C=N–C) groups is 1. The molecular formula is C22H35N3O2. The van der Waals surface area contributed by atoms with Crippen molar-refractivity contribution >= 4 is 17.1 Å². The van der Waals surface area contributed by atoms with E-state index in [2.05, 4.69) is 39.9 Å². The fourth-order valence-corrected chi connectivity index (χ4v) is 4.14. The summed E-state index contributed by atoms with van der Waals surface area (Å²) < 4.78 is 0. The van der Waals surface area contributed by atoms with Gasteiger partial charge in [-0.05, 0) is 75.0 Å². The molecule has 0 amide bonds. The van der Waals surface area contributed by atoms with Crippen LogP contribution >= 0.6 is 0 Å². The van der Waals surface area contributed by atoms with Crippen LogP contribution in [0.25, 0.3) is 0 Å². The summed E-state index contributed by atoms with van der Waals surface area (Å²) >= 11 is 0. The number of rotatable bonds is 8. The molecule has 0 radical (unpaired) electrons. The highest BCUT2D eigenvalue weighted by atomic mass is 16.6. The number of non-ortho nitro benzene ring substituents is 1. The van der Waals surface area contributed by atoms with Crippen LogP contribution in [-0.2, 0) is 0 Å². The molecule has 1 N–H and O–H groups in total. The summed E-state index contributed by atoms with van der Waals surface area (Å²) in [5.41, 5.74) is 2.00. The number of nitrogens with one attached hydrogen (secondary N) is 1. The Morgan fingerprint density at radius 3 is 2.48 bits per heavy atom. The van der Waals surface area contributed by atoms with Crippen molar-refractivity contribution in [3.63, 3.8) is 0 Å². The molecule has 27 heavy (non-hydrogen) atoms. The normalized spacial score (nSPS) is 24.8. The molecule has 0 aromatic heterocycles. The Kier molecular flexibility index (Phi) is 7.96. The second-order valence-electron chi connectivity index (χ2n) is 8.84. The first-order chi connectivity index (χ1) is 12.7. The van der Waals surface area contributed by atoms with Gasteiger partial charge in [0, 0.05) is 23.9 Å². The van der Waals surface area contributed by atoms with Gasteiger partial charge in [-0.1, -0.05) is 27.7 Å². The van der Waals surface area contributed by atoms with E-state index in [1.807, 2.05) is 0 Å². The third kappa shape index (κ3) is 7.06. The fourth-order valence-electron chi connectivity index (χ4n) is 4.14. The van der Waals surface area contributed by atoms with Crippen LogP contribution in [0, 0.1) is 33.8 Å². The SMILES string of the molecule is CC(=Nc1ccc([N+](=O)[O-])cc1)C(C)CC1CC(C)CC(NCC(C)C)C1. The molecule has 5 heteroatoms. The summed E-state index contributed by atoms with van der Waals surface area (Å²) in [6.07, 6.45) is 5.00. The van der Waals surface area contributed by atoms with E-state index >= 15 is 0 Å². The molecule has 150 valence electrons. The summed E-state index contributed by atoms with van der Waals surface area (Å²) in [5.74, 6) is 2.61. The minimum Gasteiger partial charge on any atom is -0.314 e. The maximum absolute atomic E-state index is 10.8. The van der Waals surface area contributed by atoms with Gasteiger partial charge in [0.25, 0.3) is 5.69 Å². The number of nitrogens with zero attached hydrogens (tertiary/aromatic N) is 2. The fraction of sp³-hybridized carbons (Fsp3) is 0.682. The number of benzene rings is 1. The molecule has 0 saturated heterocycles. The summed E-state index contributed by atoms with van der Waals surface area (Å²) in [4.78, 5) is 15.1. The average molecular weight is 374 g/mol. The van der Waals surface area contributed by atoms with Crippen molar-refractivity contribution in [3.05, 3.63) is 34.4 Å². The molecule has 0 aliphatic heterocycles. The van der Waals surface area contributed by atoms with Gasteiger partial charge in [0.2, 0.25) is 0 Å². The molecule has 0 heterocycles. The molecule has 1 aromatic carbocycles. The van der Waals surface area contributed by atoms with Crippen LogP contribution in [0.3, 0.4) is 0 Å². The Balaban J connectivity index is 1.93. The Hall–Kier alpha value is -1.75. The quantitative estimate of drug-likeness (QED) is 0.358. The van der Waals surface area contributed by atoms with Gasteiger partial charge < -0.3 is 5.32 Å². The largest absolute Gasteiger partial charge is 0.314 e. The van der Waals surface area contributed by atoms with Gasteiger partial charge in [0.15, 0.2) is 0 Å². The van der Waals surface area contributed by atoms with Crippen LogP contribution < -0.4 is 5.32 Å². The van der Waals surface area contributed by atoms with Gasteiger partial charge in [-0.3, -0.25) is 15.1 Å². The highest BCUT2D eigenvalue weighted by molar-refractivity contribution is 5.86. The van der Waals surface area contributed by atoms with Crippen molar-refractivity contribution in [2.24, 2.45) is 28.7 Å². The van der Waals surface area contributed by atoms with E-state index in [0.717, 1.165) is 36.2 Å². The lowest BCUT2D eigenvalue weighted by Crippen LogP contribution is -2.39. The zero-order chi connectivity index (χ0) is 20.0. The third-order valence-electron chi connectivity index (χ3n) is 5.62. The van der Waals surface area contributed by atoms with Crippen LogP contribution in [0.5, 0.6) is 0 Å². The summed E-state index contributed by atoms with van der Waals surface area (Å²) in [6.45, 7) is 12.3. The molecule has 1 aliphatic carbocycles. The van der Waals surface area contributed by atoms with Gasteiger partial charge in [-0.25, -0.2) is 0 Å². The van der Waals surface area contributed by atoms with Crippen LogP contribution in [0.4, 0.5) is 11.4 Å². The highest BCUT2D eigenvalue weighted by Crippen LogP contribution is 2.34. The molecule has 5 nitrogen and oxygen atoms in total. The van der Waals surface area contributed by atoms with Crippen molar-refractivity contribution in [1.29, 1.82) is 0 Å². The van der Waals surface area contributed by atoms with E-state index in [4.69, 9.17) is 4.99 Å². The standard InChI is InChI=1S/C22H35N3O2/c1-15(2)14-23-21-11-16(3)10-19(13-21)12-17(4)18(5)24-20-6-8-22(9-7-20)25(26)27/h6-9,15-17,19,21,23H,10-14H2,1-5H3. The second-order valence-corrected chi connectivity index (χ2v) is 8.84. The first kappa shape index (κ1) is 21.5. The Morgan fingerprint density at radius 1 is 1.22 bits per heavy atom. The maximum Gasteiger partial charge on any atom is 0.269 e. The lowest BCUT2D eigenvalue weighted by molar-refractivity contribution is -0.384. The van der Waals surface area contributed by atoms with Crippen LogP contribution in [0.1, 0.15) is 60.3 Å². The summed E-state index contributed by atoms with van der Waals surface area (Å²) in [5, 5.41) is 14.5. The zero-order valence-corrected chi connectivity index (χ0v) is 17.4. The van der Waals surface area contributed by atoms with E-state index < -0.39 is 0 Å². The predicted molar refractivity (Wildman–Crippen MR) is 113 cm³/mol. The number of hydrogen-bond donors (Lipinski definition) is 1. The van der Waals surface area contributed by atoms with Gasteiger partial charge in [0.05, 0.1) is 10.6 Å². The Morgan fingerprint density at radius 2 is 1.89 bits per heavy atom. The van der Waals surface area contributed by atoms with E-state index in [9.17, 15) is 10.1 Å².